The topological polar surface area (TPSA) is 71.1 Å². The Bertz CT molecular complexity index is 952. The molecule has 1 fully saturated rings. The first-order valence-electron chi connectivity index (χ1n) is 10.3. The van der Waals surface area contributed by atoms with Crippen LogP contribution in [0.2, 0.25) is 0 Å². The van der Waals surface area contributed by atoms with Gasteiger partial charge in [-0.25, -0.2) is 9.78 Å². The number of thioether (sulfide) groups is 1. The van der Waals surface area contributed by atoms with Gasteiger partial charge in [0.25, 0.3) is 0 Å². The highest BCUT2D eigenvalue weighted by molar-refractivity contribution is 7.99. The van der Waals surface area contributed by atoms with Gasteiger partial charge in [-0.3, -0.25) is 4.98 Å². The molecule has 0 saturated carbocycles. The smallest absolute Gasteiger partial charge is 0.410 e. The molecular formula is C23H26N4O2S. The minimum Gasteiger partial charge on any atom is -0.410 e. The summed E-state index contributed by atoms with van der Waals surface area (Å²) in [4.78, 5) is 26.1. The maximum atomic E-state index is 12.5. The van der Waals surface area contributed by atoms with Crippen LogP contribution in [-0.2, 0) is 6.42 Å². The van der Waals surface area contributed by atoms with Crippen LogP contribution in [0.25, 0.3) is 0 Å². The molecule has 0 aliphatic carbocycles. The minimum atomic E-state index is -0.263. The van der Waals surface area contributed by atoms with Crippen LogP contribution in [-0.4, -0.2) is 44.8 Å². The van der Waals surface area contributed by atoms with Crippen molar-refractivity contribution in [2.45, 2.75) is 31.3 Å². The Hall–Kier alpha value is -2.80. The molecule has 6 nitrogen and oxygen atoms in total. The normalized spacial score (nSPS) is 14.6. The number of ether oxygens (including phenoxy) is 1. The third kappa shape index (κ3) is 5.42. The zero-order valence-corrected chi connectivity index (χ0v) is 17.9. The molecule has 1 aromatic carbocycles. The Morgan fingerprint density at radius 3 is 2.67 bits per heavy atom. The minimum absolute atomic E-state index is 0.263. The number of hydrogen-bond acceptors (Lipinski definition) is 5. The van der Waals surface area contributed by atoms with Crippen molar-refractivity contribution < 1.29 is 9.53 Å². The van der Waals surface area contributed by atoms with E-state index in [0.717, 1.165) is 54.5 Å². The molecule has 1 N–H and O–H groups in total. The molecule has 0 unspecified atom stereocenters. The number of carbonyl (C=O) groups is 1. The van der Waals surface area contributed by atoms with Crippen molar-refractivity contribution in [2.75, 3.05) is 18.8 Å². The fraction of sp³-hybridized carbons (Fsp3) is 0.348. The fourth-order valence-electron chi connectivity index (χ4n) is 3.55. The molecule has 0 bridgehead atoms. The van der Waals surface area contributed by atoms with E-state index in [1.54, 1.807) is 22.9 Å². The summed E-state index contributed by atoms with van der Waals surface area (Å²) in [6.07, 6.45) is 7.92. The first kappa shape index (κ1) is 20.5. The lowest BCUT2D eigenvalue weighted by Gasteiger charge is -2.30. The summed E-state index contributed by atoms with van der Waals surface area (Å²) in [5.41, 5.74) is 3.39. The van der Waals surface area contributed by atoms with Crippen molar-refractivity contribution in [1.29, 1.82) is 0 Å². The molecule has 156 valence electrons. The van der Waals surface area contributed by atoms with Crippen molar-refractivity contribution in [2.24, 2.45) is 5.92 Å². The van der Waals surface area contributed by atoms with E-state index in [1.807, 2.05) is 42.7 Å². The molecule has 0 atom stereocenters. The van der Waals surface area contributed by atoms with Gasteiger partial charge in [0, 0.05) is 49.5 Å². The highest BCUT2D eigenvalue weighted by Crippen LogP contribution is 2.25. The third-order valence-corrected chi connectivity index (χ3v) is 6.55. The highest BCUT2D eigenvalue weighted by Gasteiger charge is 2.24. The number of aryl methyl sites for hydroxylation is 1. The molecular weight excluding hydrogens is 396 g/mol. The van der Waals surface area contributed by atoms with Crippen LogP contribution in [0.15, 0.2) is 60.1 Å². The average molecular weight is 423 g/mol. The van der Waals surface area contributed by atoms with Crippen LogP contribution in [0.4, 0.5) is 4.79 Å². The predicted molar refractivity (Wildman–Crippen MR) is 118 cm³/mol. The predicted octanol–water partition coefficient (Wildman–Crippen LogP) is 4.71. The zero-order chi connectivity index (χ0) is 20.8. The lowest BCUT2D eigenvalue weighted by molar-refractivity contribution is 0.134. The van der Waals surface area contributed by atoms with Crippen LogP contribution in [0.3, 0.4) is 0 Å². The molecule has 1 aliphatic heterocycles. The average Bonchev–Trinajstić information content (AvgIpc) is 3.29. The number of pyridine rings is 1. The Morgan fingerprint density at radius 1 is 1.17 bits per heavy atom. The van der Waals surface area contributed by atoms with E-state index in [4.69, 9.17) is 4.74 Å². The van der Waals surface area contributed by atoms with Gasteiger partial charge >= 0.3 is 6.09 Å². The SMILES string of the molecule is Cc1cccnc1Cc1ccc(OC(=O)N2CCC(CSc3ncc[nH]3)CC2)cc1. The van der Waals surface area contributed by atoms with Crippen LogP contribution in [0, 0.1) is 12.8 Å². The van der Waals surface area contributed by atoms with Gasteiger partial charge in [0.2, 0.25) is 0 Å². The van der Waals surface area contributed by atoms with Gasteiger partial charge < -0.3 is 14.6 Å². The molecule has 3 aromatic rings. The van der Waals surface area contributed by atoms with E-state index in [-0.39, 0.29) is 6.09 Å². The number of amides is 1. The van der Waals surface area contributed by atoms with Crippen LogP contribution in [0.1, 0.15) is 29.7 Å². The molecule has 30 heavy (non-hydrogen) atoms. The fourth-order valence-corrected chi connectivity index (χ4v) is 4.56. The van der Waals surface area contributed by atoms with Crippen molar-refractivity contribution >= 4 is 17.9 Å². The first-order valence-corrected chi connectivity index (χ1v) is 11.2. The van der Waals surface area contributed by atoms with E-state index in [1.165, 1.54) is 5.56 Å². The van der Waals surface area contributed by atoms with Crippen LogP contribution >= 0.6 is 11.8 Å². The number of likely N-dealkylation sites (tertiary alicyclic amines) is 1. The van der Waals surface area contributed by atoms with Crippen molar-refractivity contribution in [3.8, 4) is 5.75 Å². The van der Waals surface area contributed by atoms with Gasteiger partial charge in [-0.1, -0.05) is 30.0 Å². The van der Waals surface area contributed by atoms with Crippen LogP contribution in [0.5, 0.6) is 5.75 Å². The monoisotopic (exact) mass is 422 g/mol. The number of imidazole rings is 1. The lowest BCUT2D eigenvalue weighted by atomic mass is 9.99. The van der Waals surface area contributed by atoms with Gasteiger partial charge in [-0.05, 0) is 55.0 Å². The van der Waals surface area contributed by atoms with Crippen molar-refractivity contribution in [3.63, 3.8) is 0 Å². The summed E-state index contributed by atoms with van der Waals surface area (Å²) in [6.45, 7) is 3.54. The zero-order valence-electron chi connectivity index (χ0n) is 17.1. The number of piperidine rings is 1. The summed E-state index contributed by atoms with van der Waals surface area (Å²) in [5.74, 6) is 2.20. The molecule has 1 amide bonds. The number of rotatable bonds is 6. The quantitative estimate of drug-likeness (QED) is 0.583. The second-order valence-electron chi connectivity index (χ2n) is 7.59. The van der Waals surface area contributed by atoms with Gasteiger partial charge in [-0.2, -0.15) is 0 Å². The summed E-state index contributed by atoms with van der Waals surface area (Å²) in [7, 11) is 0. The Kier molecular flexibility index (Phi) is 6.69. The maximum Gasteiger partial charge on any atom is 0.415 e. The number of carbonyl (C=O) groups excluding carboxylic acids is 1. The Balaban J connectivity index is 1.23. The number of hydrogen-bond donors (Lipinski definition) is 1. The molecule has 3 heterocycles. The second kappa shape index (κ2) is 9.80. The Morgan fingerprint density at radius 2 is 1.97 bits per heavy atom. The lowest BCUT2D eigenvalue weighted by Crippen LogP contribution is -2.40. The molecule has 1 saturated heterocycles. The summed E-state index contributed by atoms with van der Waals surface area (Å²) in [6, 6.07) is 11.7. The van der Waals surface area contributed by atoms with E-state index in [0.29, 0.717) is 11.7 Å². The number of aromatic amines is 1. The van der Waals surface area contributed by atoms with Gasteiger partial charge in [0.15, 0.2) is 5.16 Å². The largest absolute Gasteiger partial charge is 0.415 e. The first-order chi connectivity index (χ1) is 14.7. The molecule has 0 spiro atoms. The number of nitrogens with zero attached hydrogens (tertiary/aromatic N) is 3. The molecule has 7 heteroatoms. The standard InChI is InChI=1S/C23H26N4O2S/c1-17-3-2-10-24-21(17)15-18-4-6-20(7-5-18)29-23(28)27-13-8-19(9-14-27)16-30-22-25-11-12-26-22/h2-7,10-12,19H,8-9,13-16H2,1H3,(H,25,26). The van der Waals surface area contributed by atoms with E-state index in [2.05, 4.69) is 27.9 Å². The van der Waals surface area contributed by atoms with Crippen LogP contribution < -0.4 is 4.74 Å². The van der Waals surface area contributed by atoms with Crippen molar-refractivity contribution in [3.05, 3.63) is 71.8 Å². The molecule has 2 aromatic heterocycles. The number of nitrogens with one attached hydrogen (secondary N) is 1. The van der Waals surface area contributed by atoms with Gasteiger partial charge in [0.05, 0.1) is 0 Å². The highest BCUT2D eigenvalue weighted by atomic mass is 32.2. The molecule has 0 radical (unpaired) electrons. The summed E-state index contributed by atoms with van der Waals surface area (Å²) < 4.78 is 5.59. The Labute approximate surface area is 181 Å². The van der Waals surface area contributed by atoms with E-state index < -0.39 is 0 Å². The number of aromatic nitrogens is 3. The maximum absolute atomic E-state index is 12.5. The van der Waals surface area contributed by atoms with E-state index in [9.17, 15) is 4.79 Å². The molecule has 1 aliphatic rings. The number of benzene rings is 1. The van der Waals surface area contributed by atoms with Gasteiger partial charge in [-0.15, -0.1) is 0 Å². The third-order valence-electron chi connectivity index (χ3n) is 5.42. The summed E-state index contributed by atoms with van der Waals surface area (Å²) >= 11 is 1.74. The number of H-pyrrole nitrogens is 1. The van der Waals surface area contributed by atoms with Gasteiger partial charge in [0.1, 0.15) is 5.75 Å². The van der Waals surface area contributed by atoms with E-state index >= 15 is 0 Å². The summed E-state index contributed by atoms with van der Waals surface area (Å²) in [5, 5.41) is 0.957. The van der Waals surface area contributed by atoms with Crippen molar-refractivity contribution in [1.82, 2.24) is 19.9 Å². The molecule has 4 rings (SSSR count). The second-order valence-corrected chi connectivity index (χ2v) is 8.60.